The van der Waals surface area contributed by atoms with Crippen molar-refractivity contribution in [2.24, 2.45) is 11.1 Å². The molecule has 106 valence electrons. The normalized spacial score (nSPS) is 34.2. The van der Waals surface area contributed by atoms with Crippen LogP contribution >= 0.6 is 0 Å². The van der Waals surface area contributed by atoms with E-state index in [0.717, 1.165) is 18.6 Å². The van der Waals surface area contributed by atoms with E-state index < -0.39 is 0 Å². The van der Waals surface area contributed by atoms with Crippen LogP contribution in [0.15, 0.2) is 0 Å². The standard InChI is InChI=1S/C16H32N2/c1-14-8-7-9-15(2)18(14)13-16(12-17)10-5-3-4-6-11-16/h14-15H,3-13,17H2,1-2H3/t14-,15+. The number of hydrogen-bond donors (Lipinski definition) is 1. The van der Waals surface area contributed by atoms with Crippen molar-refractivity contribution in [3.63, 3.8) is 0 Å². The molecule has 0 amide bonds. The van der Waals surface area contributed by atoms with E-state index in [1.807, 2.05) is 0 Å². The molecule has 2 atom stereocenters. The van der Waals surface area contributed by atoms with Crippen LogP contribution in [-0.2, 0) is 0 Å². The highest BCUT2D eigenvalue weighted by Crippen LogP contribution is 2.37. The summed E-state index contributed by atoms with van der Waals surface area (Å²) in [5, 5.41) is 0. The molecule has 1 aliphatic heterocycles. The molecule has 1 saturated heterocycles. The zero-order valence-electron chi connectivity index (χ0n) is 12.5. The average Bonchev–Trinajstić information content (AvgIpc) is 2.60. The van der Waals surface area contributed by atoms with Crippen LogP contribution in [-0.4, -0.2) is 30.1 Å². The van der Waals surface area contributed by atoms with Crippen molar-refractivity contribution in [2.45, 2.75) is 83.7 Å². The zero-order valence-corrected chi connectivity index (χ0v) is 12.5. The highest BCUT2D eigenvalue weighted by Gasteiger charge is 2.35. The van der Waals surface area contributed by atoms with Crippen LogP contribution in [0.3, 0.4) is 0 Å². The highest BCUT2D eigenvalue weighted by molar-refractivity contribution is 4.90. The molecule has 0 aromatic heterocycles. The first kappa shape index (κ1) is 14.3. The minimum Gasteiger partial charge on any atom is -0.330 e. The summed E-state index contributed by atoms with van der Waals surface area (Å²) in [6, 6.07) is 1.53. The molecule has 2 aliphatic rings. The van der Waals surface area contributed by atoms with Gasteiger partial charge in [-0.1, -0.05) is 32.1 Å². The molecule has 2 rings (SSSR count). The molecule has 18 heavy (non-hydrogen) atoms. The molecular weight excluding hydrogens is 220 g/mol. The SMILES string of the molecule is C[C@@H]1CCC[C@H](C)N1CC1(CN)CCCCCC1. The van der Waals surface area contributed by atoms with Gasteiger partial charge in [-0.2, -0.15) is 0 Å². The Labute approximate surface area is 113 Å². The van der Waals surface area contributed by atoms with Crippen molar-refractivity contribution in [1.82, 2.24) is 4.90 Å². The summed E-state index contributed by atoms with van der Waals surface area (Å²) in [6.45, 7) is 6.97. The Morgan fingerprint density at radius 2 is 1.50 bits per heavy atom. The Morgan fingerprint density at radius 3 is 2.00 bits per heavy atom. The molecular formula is C16H32N2. The molecule has 0 aromatic rings. The lowest BCUT2D eigenvalue weighted by Crippen LogP contribution is -2.51. The molecule has 0 aromatic carbocycles. The number of likely N-dealkylation sites (tertiary alicyclic amines) is 1. The minimum absolute atomic E-state index is 0.427. The van der Waals surface area contributed by atoms with Crippen LogP contribution in [0, 0.1) is 5.41 Å². The smallest absolute Gasteiger partial charge is 0.00700 e. The fraction of sp³-hybridized carbons (Fsp3) is 1.00. The van der Waals surface area contributed by atoms with Crippen molar-refractivity contribution in [1.29, 1.82) is 0 Å². The maximum atomic E-state index is 6.19. The van der Waals surface area contributed by atoms with Crippen molar-refractivity contribution in [2.75, 3.05) is 13.1 Å². The summed E-state index contributed by atoms with van der Waals surface area (Å²) in [7, 11) is 0. The van der Waals surface area contributed by atoms with Gasteiger partial charge >= 0.3 is 0 Å². The van der Waals surface area contributed by atoms with Crippen LogP contribution in [0.25, 0.3) is 0 Å². The Morgan fingerprint density at radius 1 is 0.944 bits per heavy atom. The van der Waals surface area contributed by atoms with Crippen molar-refractivity contribution < 1.29 is 0 Å². The quantitative estimate of drug-likeness (QED) is 0.778. The summed E-state index contributed by atoms with van der Waals surface area (Å²) < 4.78 is 0. The van der Waals surface area contributed by atoms with E-state index in [1.165, 1.54) is 64.3 Å². The van der Waals surface area contributed by atoms with Gasteiger partial charge in [0.15, 0.2) is 0 Å². The van der Waals surface area contributed by atoms with Gasteiger partial charge < -0.3 is 5.73 Å². The third-order valence-corrected chi connectivity index (χ3v) is 5.49. The lowest BCUT2D eigenvalue weighted by molar-refractivity contribution is 0.0434. The number of rotatable bonds is 3. The molecule has 0 spiro atoms. The Kier molecular flexibility index (Phi) is 5.08. The average molecular weight is 252 g/mol. The van der Waals surface area contributed by atoms with Crippen molar-refractivity contribution >= 4 is 0 Å². The van der Waals surface area contributed by atoms with Gasteiger partial charge in [0.1, 0.15) is 0 Å². The van der Waals surface area contributed by atoms with Gasteiger partial charge in [-0.3, -0.25) is 4.90 Å². The summed E-state index contributed by atoms with van der Waals surface area (Å²) in [5.74, 6) is 0. The van der Waals surface area contributed by atoms with E-state index in [-0.39, 0.29) is 0 Å². The molecule has 2 nitrogen and oxygen atoms in total. The van der Waals surface area contributed by atoms with Gasteiger partial charge in [0.25, 0.3) is 0 Å². The molecule has 1 aliphatic carbocycles. The molecule has 2 heteroatoms. The second-order valence-electron chi connectivity index (χ2n) is 6.92. The second kappa shape index (κ2) is 6.38. The third-order valence-electron chi connectivity index (χ3n) is 5.49. The van der Waals surface area contributed by atoms with Crippen LogP contribution in [0.2, 0.25) is 0 Å². The molecule has 1 heterocycles. The maximum absolute atomic E-state index is 6.19. The number of nitrogens with two attached hydrogens (primary N) is 1. The molecule has 0 bridgehead atoms. The lowest BCUT2D eigenvalue weighted by atomic mass is 9.78. The summed E-state index contributed by atoms with van der Waals surface area (Å²) in [4.78, 5) is 2.77. The number of piperidine rings is 1. The zero-order chi connectivity index (χ0) is 13.0. The maximum Gasteiger partial charge on any atom is 0.00700 e. The van der Waals surface area contributed by atoms with Gasteiger partial charge in [-0.05, 0) is 51.5 Å². The van der Waals surface area contributed by atoms with Crippen molar-refractivity contribution in [3.05, 3.63) is 0 Å². The minimum atomic E-state index is 0.427. The highest BCUT2D eigenvalue weighted by atomic mass is 15.2. The van der Waals surface area contributed by atoms with Gasteiger partial charge in [0.2, 0.25) is 0 Å². The van der Waals surface area contributed by atoms with Gasteiger partial charge in [-0.15, -0.1) is 0 Å². The van der Waals surface area contributed by atoms with E-state index in [2.05, 4.69) is 18.7 Å². The third kappa shape index (κ3) is 3.27. The molecule has 2 N–H and O–H groups in total. The second-order valence-corrected chi connectivity index (χ2v) is 6.92. The first-order valence-corrected chi connectivity index (χ1v) is 8.13. The monoisotopic (exact) mass is 252 g/mol. The van der Waals surface area contributed by atoms with Gasteiger partial charge in [0.05, 0.1) is 0 Å². The fourth-order valence-corrected chi connectivity index (χ4v) is 4.08. The number of nitrogens with zero attached hydrogens (tertiary/aromatic N) is 1. The topological polar surface area (TPSA) is 29.3 Å². The molecule has 0 unspecified atom stereocenters. The molecule has 1 saturated carbocycles. The summed E-state index contributed by atoms with van der Waals surface area (Å²) in [5.41, 5.74) is 6.62. The van der Waals surface area contributed by atoms with Crippen LogP contribution in [0.5, 0.6) is 0 Å². The van der Waals surface area contributed by atoms with E-state index >= 15 is 0 Å². The fourth-order valence-electron chi connectivity index (χ4n) is 4.08. The van der Waals surface area contributed by atoms with Crippen molar-refractivity contribution in [3.8, 4) is 0 Å². The van der Waals surface area contributed by atoms with Crippen LogP contribution in [0.4, 0.5) is 0 Å². The Bertz CT molecular complexity index is 233. The van der Waals surface area contributed by atoms with Crippen LogP contribution in [0.1, 0.15) is 71.6 Å². The molecule has 2 fully saturated rings. The predicted octanol–water partition coefficient (Wildman–Crippen LogP) is 3.55. The van der Waals surface area contributed by atoms with Gasteiger partial charge in [-0.25, -0.2) is 0 Å². The van der Waals surface area contributed by atoms with Crippen LogP contribution < -0.4 is 5.73 Å². The Balaban J connectivity index is 2.03. The van der Waals surface area contributed by atoms with E-state index in [0.29, 0.717) is 5.41 Å². The Hall–Kier alpha value is -0.0800. The van der Waals surface area contributed by atoms with E-state index in [9.17, 15) is 0 Å². The largest absolute Gasteiger partial charge is 0.330 e. The predicted molar refractivity (Wildman–Crippen MR) is 78.7 cm³/mol. The first-order valence-electron chi connectivity index (χ1n) is 8.13. The van der Waals surface area contributed by atoms with E-state index in [1.54, 1.807) is 0 Å². The molecule has 0 radical (unpaired) electrons. The summed E-state index contributed by atoms with van der Waals surface area (Å²) >= 11 is 0. The summed E-state index contributed by atoms with van der Waals surface area (Å²) in [6.07, 6.45) is 12.5. The lowest BCUT2D eigenvalue weighted by Gasteiger charge is -2.45. The van der Waals surface area contributed by atoms with E-state index in [4.69, 9.17) is 5.73 Å². The number of hydrogen-bond acceptors (Lipinski definition) is 2. The van der Waals surface area contributed by atoms with Gasteiger partial charge in [0, 0.05) is 18.6 Å². The first-order chi connectivity index (χ1) is 8.67.